The second-order valence-electron chi connectivity index (χ2n) is 4.07. The first-order valence-electron chi connectivity index (χ1n) is 5.57. The number of nitrogens with two attached hydrogens (primary N) is 1. The van der Waals surface area contributed by atoms with Gasteiger partial charge in [-0.25, -0.2) is 0 Å². The molecule has 0 radical (unpaired) electrons. The van der Waals surface area contributed by atoms with Gasteiger partial charge >= 0.3 is 0 Å². The van der Waals surface area contributed by atoms with E-state index in [0.717, 1.165) is 21.9 Å². The summed E-state index contributed by atoms with van der Waals surface area (Å²) < 4.78 is 5.09. The number of amides is 1. The van der Waals surface area contributed by atoms with Crippen molar-refractivity contribution in [3.05, 3.63) is 38.9 Å². The molecule has 0 unspecified atom stereocenters. The number of thiophene rings is 1. The molecule has 18 heavy (non-hydrogen) atoms. The highest BCUT2D eigenvalue weighted by molar-refractivity contribution is 7.10. The van der Waals surface area contributed by atoms with Crippen LogP contribution in [-0.4, -0.2) is 11.1 Å². The molecule has 2 rings (SSSR count). The van der Waals surface area contributed by atoms with Crippen LogP contribution >= 0.6 is 11.3 Å². The Bertz CT molecular complexity index is 540. The quantitative estimate of drug-likeness (QED) is 0.862. The largest absolute Gasteiger partial charge is 0.366 e. The summed E-state index contributed by atoms with van der Waals surface area (Å²) in [4.78, 5) is 12.0. The summed E-state index contributed by atoms with van der Waals surface area (Å²) >= 11 is 1.52. The molecule has 0 atom stereocenters. The molecule has 3 N–H and O–H groups in total. The minimum absolute atomic E-state index is 0.386. The van der Waals surface area contributed by atoms with Gasteiger partial charge in [0.25, 0.3) is 0 Å². The standard InChI is InChI=1S/C12H15N3O2S/c1-7-11(8(2)17-15-7)5-14-4-10-3-9(6-18-10)12(13)16/h3,6,14H,4-5H2,1-2H3,(H2,13,16). The average Bonchev–Trinajstić information content (AvgIpc) is 2.90. The third-order valence-electron chi connectivity index (χ3n) is 2.72. The molecule has 0 fully saturated rings. The number of carbonyl (C=O) groups is 1. The van der Waals surface area contributed by atoms with E-state index in [4.69, 9.17) is 10.3 Å². The Kier molecular flexibility index (Phi) is 3.78. The maximum Gasteiger partial charge on any atom is 0.249 e. The van der Waals surface area contributed by atoms with Gasteiger partial charge in [0.2, 0.25) is 5.91 Å². The fourth-order valence-electron chi connectivity index (χ4n) is 1.67. The predicted octanol–water partition coefficient (Wildman–Crippen LogP) is 1.74. The molecule has 2 heterocycles. The molecule has 0 saturated heterocycles. The Hall–Kier alpha value is -1.66. The summed E-state index contributed by atoms with van der Waals surface area (Å²) in [5.74, 6) is 0.451. The summed E-state index contributed by atoms with van der Waals surface area (Å²) in [5, 5.41) is 8.96. The van der Waals surface area contributed by atoms with Crippen LogP contribution in [0.1, 0.15) is 32.3 Å². The Balaban J connectivity index is 1.90. The molecule has 1 amide bonds. The summed E-state index contributed by atoms with van der Waals surface area (Å²) in [6.45, 7) is 5.21. The first kappa shape index (κ1) is 12.8. The van der Waals surface area contributed by atoms with E-state index in [0.29, 0.717) is 18.7 Å². The number of aryl methyl sites for hydroxylation is 2. The van der Waals surface area contributed by atoms with E-state index in [2.05, 4.69) is 10.5 Å². The monoisotopic (exact) mass is 265 g/mol. The van der Waals surface area contributed by atoms with Crippen molar-refractivity contribution in [1.82, 2.24) is 10.5 Å². The van der Waals surface area contributed by atoms with Crippen molar-refractivity contribution >= 4 is 17.2 Å². The van der Waals surface area contributed by atoms with Crippen LogP contribution in [0.2, 0.25) is 0 Å². The molecule has 0 spiro atoms. The van der Waals surface area contributed by atoms with Gasteiger partial charge in [0, 0.05) is 28.9 Å². The minimum Gasteiger partial charge on any atom is -0.366 e. The fourth-order valence-corrected chi connectivity index (χ4v) is 2.51. The normalized spacial score (nSPS) is 10.8. The molecule has 96 valence electrons. The highest BCUT2D eigenvalue weighted by Gasteiger charge is 2.09. The molecule has 6 heteroatoms. The van der Waals surface area contributed by atoms with Crippen LogP contribution in [0.25, 0.3) is 0 Å². The number of aromatic nitrogens is 1. The van der Waals surface area contributed by atoms with Gasteiger partial charge in [-0.05, 0) is 19.9 Å². The first-order chi connectivity index (χ1) is 8.58. The van der Waals surface area contributed by atoms with Gasteiger partial charge in [-0.1, -0.05) is 5.16 Å². The summed E-state index contributed by atoms with van der Waals surface area (Å²) in [5.41, 5.74) is 7.75. The van der Waals surface area contributed by atoms with E-state index < -0.39 is 0 Å². The fraction of sp³-hybridized carbons (Fsp3) is 0.333. The van der Waals surface area contributed by atoms with Crippen molar-refractivity contribution in [3.63, 3.8) is 0 Å². The molecule has 0 aliphatic heterocycles. The van der Waals surface area contributed by atoms with Gasteiger partial charge in [-0.2, -0.15) is 0 Å². The molecule has 2 aromatic rings. The molecule has 5 nitrogen and oxygen atoms in total. The van der Waals surface area contributed by atoms with Crippen LogP contribution in [0.4, 0.5) is 0 Å². The number of hydrogen-bond donors (Lipinski definition) is 2. The number of carbonyl (C=O) groups excluding carboxylic acids is 1. The molecular weight excluding hydrogens is 250 g/mol. The van der Waals surface area contributed by atoms with Crippen LogP contribution in [0.15, 0.2) is 16.0 Å². The number of primary amides is 1. The Morgan fingerprint density at radius 3 is 2.83 bits per heavy atom. The first-order valence-corrected chi connectivity index (χ1v) is 6.45. The van der Waals surface area contributed by atoms with Crippen LogP contribution < -0.4 is 11.1 Å². The van der Waals surface area contributed by atoms with Crippen LogP contribution in [0.3, 0.4) is 0 Å². The zero-order valence-electron chi connectivity index (χ0n) is 10.3. The second kappa shape index (κ2) is 5.32. The van der Waals surface area contributed by atoms with E-state index in [1.54, 1.807) is 5.38 Å². The topological polar surface area (TPSA) is 81.2 Å². The molecule has 0 aliphatic carbocycles. The lowest BCUT2D eigenvalue weighted by molar-refractivity contribution is 0.100. The number of nitrogens with zero attached hydrogens (tertiary/aromatic N) is 1. The maximum atomic E-state index is 11.0. The van der Waals surface area contributed by atoms with Crippen LogP contribution in [0, 0.1) is 13.8 Å². The van der Waals surface area contributed by atoms with Crippen molar-refractivity contribution in [1.29, 1.82) is 0 Å². The Morgan fingerprint density at radius 2 is 2.28 bits per heavy atom. The van der Waals surface area contributed by atoms with E-state index in [1.165, 1.54) is 11.3 Å². The lowest BCUT2D eigenvalue weighted by Gasteiger charge is -2.02. The van der Waals surface area contributed by atoms with Gasteiger partial charge in [0.05, 0.1) is 11.3 Å². The lowest BCUT2D eigenvalue weighted by atomic mass is 10.2. The lowest BCUT2D eigenvalue weighted by Crippen LogP contribution is -2.13. The van der Waals surface area contributed by atoms with Crippen LogP contribution in [-0.2, 0) is 13.1 Å². The van der Waals surface area contributed by atoms with E-state index in [1.807, 2.05) is 19.9 Å². The van der Waals surface area contributed by atoms with Crippen molar-refractivity contribution in [2.45, 2.75) is 26.9 Å². The van der Waals surface area contributed by atoms with Gasteiger partial charge in [-0.3, -0.25) is 4.79 Å². The van der Waals surface area contributed by atoms with E-state index in [9.17, 15) is 4.79 Å². The molecular formula is C12H15N3O2S. The Morgan fingerprint density at radius 1 is 1.50 bits per heavy atom. The smallest absolute Gasteiger partial charge is 0.249 e. The average molecular weight is 265 g/mol. The summed E-state index contributed by atoms with van der Waals surface area (Å²) in [7, 11) is 0. The van der Waals surface area contributed by atoms with E-state index in [-0.39, 0.29) is 5.91 Å². The predicted molar refractivity (Wildman–Crippen MR) is 69.4 cm³/mol. The number of rotatable bonds is 5. The van der Waals surface area contributed by atoms with Crippen molar-refractivity contribution in [2.75, 3.05) is 0 Å². The van der Waals surface area contributed by atoms with Gasteiger partial charge in [0.15, 0.2) is 0 Å². The highest BCUT2D eigenvalue weighted by Crippen LogP contribution is 2.15. The van der Waals surface area contributed by atoms with Crippen molar-refractivity contribution in [3.8, 4) is 0 Å². The van der Waals surface area contributed by atoms with Gasteiger partial charge in [-0.15, -0.1) is 11.3 Å². The molecule has 2 aromatic heterocycles. The zero-order chi connectivity index (χ0) is 13.1. The SMILES string of the molecule is Cc1noc(C)c1CNCc1cc(C(N)=O)cs1. The van der Waals surface area contributed by atoms with E-state index >= 15 is 0 Å². The minimum atomic E-state index is -0.386. The third-order valence-corrected chi connectivity index (χ3v) is 3.66. The summed E-state index contributed by atoms with van der Waals surface area (Å²) in [6, 6.07) is 1.81. The maximum absolute atomic E-state index is 11.0. The molecule has 0 bridgehead atoms. The molecule has 0 aliphatic rings. The molecule has 0 saturated carbocycles. The highest BCUT2D eigenvalue weighted by atomic mass is 32.1. The van der Waals surface area contributed by atoms with Gasteiger partial charge in [0.1, 0.15) is 5.76 Å². The summed E-state index contributed by atoms with van der Waals surface area (Å²) in [6.07, 6.45) is 0. The Labute approximate surface area is 109 Å². The number of hydrogen-bond acceptors (Lipinski definition) is 5. The van der Waals surface area contributed by atoms with Crippen molar-refractivity contribution in [2.24, 2.45) is 5.73 Å². The van der Waals surface area contributed by atoms with Crippen LogP contribution in [0.5, 0.6) is 0 Å². The second-order valence-corrected chi connectivity index (χ2v) is 5.07. The zero-order valence-corrected chi connectivity index (χ0v) is 11.1. The molecule has 0 aromatic carbocycles. The third kappa shape index (κ3) is 2.77. The van der Waals surface area contributed by atoms with Gasteiger partial charge < -0.3 is 15.6 Å². The van der Waals surface area contributed by atoms with Crippen molar-refractivity contribution < 1.29 is 9.32 Å². The number of nitrogens with one attached hydrogen (secondary N) is 1.